The van der Waals surface area contributed by atoms with Gasteiger partial charge in [0.2, 0.25) is 0 Å². The standard InChI is InChI=1S/C19H22N2O7S/c1-5-28-19(22)12-20(17-10-13(2)6-9-18(17)27-4)29(25,26)15-8-7-14(3)16(11-15)21(23)24/h6-11H,5,12H2,1-4H3. The summed E-state index contributed by atoms with van der Waals surface area (Å²) in [6, 6.07) is 8.45. The second-order valence-corrected chi connectivity index (χ2v) is 8.06. The number of benzene rings is 2. The average Bonchev–Trinajstić information content (AvgIpc) is 2.66. The topological polar surface area (TPSA) is 116 Å². The maximum atomic E-state index is 13.4. The first kappa shape index (κ1) is 22.2. The SMILES string of the molecule is CCOC(=O)CN(c1cc(C)ccc1OC)S(=O)(=O)c1ccc(C)c([N+](=O)[O-])c1. The van der Waals surface area contributed by atoms with Crippen LogP contribution < -0.4 is 9.04 Å². The third-order valence-corrected chi connectivity index (χ3v) is 5.90. The predicted octanol–water partition coefficient (Wildman–Crippen LogP) is 2.98. The number of esters is 1. The van der Waals surface area contributed by atoms with Crippen LogP contribution in [0.1, 0.15) is 18.1 Å². The summed E-state index contributed by atoms with van der Waals surface area (Å²) < 4.78 is 37.8. The van der Waals surface area contributed by atoms with Crippen molar-refractivity contribution < 1.29 is 27.6 Å². The van der Waals surface area contributed by atoms with E-state index in [-0.39, 0.29) is 28.6 Å². The molecule has 2 aromatic rings. The highest BCUT2D eigenvalue weighted by Gasteiger charge is 2.31. The summed E-state index contributed by atoms with van der Waals surface area (Å²) in [6.07, 6.45) is 0. The first-order valence-electron chi connectivity index (χ1n) is 8.69. The third kappa shape index (κ3) is 4.83. The number of rotatable bonds is 8. The number of hydrogen-bond donors (Lipinski definition) is 0. The number of methoxy groups -OCH3 is 1. The number of sulfonamides is 1. The minimum atomic E-state index is -4.34. The molecule has 29 heavy (non-hydrogen) atoms. The van der Waals surface area contributed by atoms with Gasteiger partial charge in [0.25, 0.3) is 15.7 Å². The summed E-state index contributed by atoms with van der Waals surface area (Å²) in [5.74, 6) is -0.536. The van der Waals surface area contributed by atoms with Crippen molar-refractivity contribution in [2.45, 2.75) is 25.7 Å². The van der Waals surface area contributed by atoms with Gasteiger partial charge in [0, 0.05) is 11.6 Å². The normalized spacial score (nSPS) is 11.0. The maximum absolute atomic E-state index is 13.4. The molecule has 0 heterocycles. The Morgan fingerprint density at radius 2 is 1.86 bits per heavy atom. The van der Waals surface area contributed by atoms with E-state index < -0.39 is 27.5 Å². The number of nitrogens with zero attached hydrogens (tertiary/aromatic N) is 2. The van der Waals surface area contributed by atoms with E-state index in [4.69, 9.17) is 9.47 Å². The van der Waals surface area contributed by atoms with E-state index in [0.717, 1.165) is 15.9 Å². The van der Waals surface area contributed by atoms with Crippen LogP contribution in [0.5, 0.6) is 5.75 Å². The molecule has 0 saturated carbocycles. The molecule has 0 aromatic heterocycles. The third-order valence-electron chi connectivity index (χ3n) is 4.15. The Bertz CT molecular complexity index is 1030. The van der Waals surface area contributed by atoms with Gasteiger partial charge in [-0.25, -0.2) is 8.42 Å². The lowest BCUT2D eigenvalue weighted by atomic mass is 10.2. The molecule has 0 spiro atoms. The molecule has 10 heteroatoms. The fourth-order valence-corrected chi connectivity index (χ4v) is 4.12. The highest BCUT2D eigenvalue weighted by atomic mass is 32.2. The summed E-state index contributed by atoms with van der Waals surface area (Å²) in [7, 11) is -2.97. The molecule has 0 unspecified atom stereocenters. The molecule has 0 aliphatic carbocycles. The van der Waals surface area contributed by atoms with Gasteiger partial charge in [-0.3, -0.25) is 19.2 Å². The fourth-order valence-electron chi connectivity index (χ4n) is 2.69. The minimum absolute atomic E-state index is 0.0771. The van der Waals surface area contributed by atoms with Gasteiger partial charge in [-0.05, 0) is 44.5 Å². The minimum Gasteiger partial charge on any atom is -0.495 e. The largest absolute Gasteiger partial charge is 0.495 e. The Hall–Kier alpha value is -3.14. The van der Waals surface area contributed by atoms with E-state index in [2.05, 4.69) is 0 Å². The van der Waals surface area contributed by atoms with Crippen molar-refractivity contribution in [1.82, 2.24) is 0 Å². The molecule has 0 aliphatic rings. The quantitative estimate of drug-likeness (QED) is 0.365. The molecule has 0 amide bonds. The molecular formula is C19H22N2O7S. The van der Waals surface area contributed by atoms with Crippen molar-refractivity contribution in [3.05, 3.63) is 57.6 Å². The Morgan fingerprint density at radius 1 is 1.17 bits per heavy atom. The number of anilines is 1. The highest BCUT2D eigenvalue weighted by molar-refractivity contribution is 7.92. The Kier molecular flexibility index (Phi) is 6.80. The van der Waals surface area contributed by atoms with Gasteiger partial charge in [-0.2, -0.15) is 0 Å². The molecule has 9 nitrogen and oxygen atoms in total. The van der Waals surface area contributed by atoms with Crippen LogP contribution >= 0.6 is 0 Å². The zero-order chi connectivity index (χ0) is 21.8. The van der Waals surface area contributed by atoms with Gasteiger partial charge in [0.05, 0.1) is 29.2 Å². The lowest BCUT2D eigenvalue weighted by molar-refractivity contribution is -0.385. The molecule has 2 rings (SSSR count). The molecular weight excluding hydrogens is 400 g/mol. The summed E-state index contributed by atoms with van der Waals surface area (Å²) >= 11 is 0. The van der Waals surface area contributed by atoms with E-state index in [0.29, 0.717) is 5.56 Å². The molecule has 0 radical (unpaired) electrons. The number of aryl methyl sites for hydroxylation is 2. The van der Waals surface area contributed by atoms with Gasteiger partial charge >= 0.3 is 5.97 Å². The first-order valence-corrected chi connectivity index (χ1v) is 10.1. The summed E-state index contributed by atoms with van der Waals surface area (Å²) in [6.45, 7) is 4.34. The number of ether oxygens (including phenoxy) is 2. The van der Waals surface area contributed by atoms with Gasteiger partial charge in [0.15, 0.2) is 0 Å². The van der Waals surface area contributed by atoms with Crippen molar-refractivity contribution in [3.63, 3.8) is 0 Å². The summed E-state index contributed by atoms with van der Waals surface area (Å²) in [5.41, 5.74) is 0.848. The van der Waals surface area contributed by atoms with Crippen LogP contribution in [-0.4, -0.2) is 39.6 Å². The Morgan fingerprint density at radius 3 is 2.45 bits per heavy atom. The zero-order valence-electron chi connectivity index (χ0n) is 16.5. The molecule has 0 atom stereocenters. The number of carbonyl (C=O) groups is 1. The van der Waals surface area contributed by atoms with Crippen LogP contribution in [-0.2, 0) is 19.6 Å². The van der Waals surface area contributed by atoms with Crippen LogP contribution in [0.15, 0.2) is 41.3 Å². The summed E-state index contributed by atoms with van der Waals surface area (Å²) in [4.78, 5) is 22.4. The Balaban J connectivity index is 2.68. The maximum Gasteiger partial charge on any atom is 0.326 e. The second kappa shape index (κ2) is 8.91. The number of hydrogen-bond acceptors (Lipinski definition) is 7. The van der Waals surface area contributed by atoms with Crippen LogP contribution in [0, 0.1) is 24.0 Å². The van der Waals surface area contributed by atoms with E-state index in [1.807, 2.05) is 0 Å². The summed E-state index contributed by atoms with van der Waals surface area (Å²) in [5, 5.41) is 11.3. The molecule has 0 bridgehead atoms. The van der Waals surface area contributed by atoms with Crippen LogP contribution in [0.4, 0.5) is 11.4 Å². The van der Waals surface area contributed by atoms with Gasteiger partial charge < -0.3 is 9.47 Å². The smallest absolute Gasteiger partial charge is 0.326 e. The second-order valence-electron chi connectivity index (χ2n) is 6.20. The Labute approximate surface area is 169 Å². The fraction of sp³-hybridized carbons (Fsp3) is 0.316. The van der Waals surface area contributed by atoms with Crippen molar-refractivity contribution >= 4 is 27.4 Å². The van der Waals surface area contributed by atoms with Crippen molar-refractivity contribution in [2.24, 2.45) is 0 Å². The van der Waals surface area contributed by atoms with E-state index in [9.17, 15) is 23.3 Å². The van der Waals surface area contributed by atoms with Gasteiger partial charge in [0.1, 0.15) is 12.3 Å². The average molecular weight is 422 g/mol. The number of nitro groups is 1. The van der Waals surface area contributed by atoms with Gasteiger partial charge in [-0.15, -0.1) is 0 Å². The molecule has 0 saturated heterocycles. The molecule has 2 aromatic carbocycles. The molecule has 0 N–H and O–H groups in total. The monoisotopic (exact) mass is 422 g/mol. The van der Waals surface area contributed by atoms with Crippen molar-refractivity contribution in [2.75, 3.05) is 24.6 Å². The van der Waals surface area contributed by atoms with Crippen LogP contribution in [0.25, 0.3) is 0 Å². The molecule has 0 aliphatic heterocycles. The number of carbonyl (C=O) groups excluding carboxylic acids is 1. The van der Waals surface area contributed by atoms with Crippen LogP contribution in [0.2, 0.25) is 0 Å². The zero-order valence-corrected chi connectivity index (χ0v) is 17.4. The van der Waals surface area contributed by atoms with Crippen molar-refractivity contribution in [1.29, 1.82) is 0 Å². The highest BCUT2D eigenvalue weighted by Crippen LogP contribution is 2.34. The lowest BCUT2D eigenvalue weighted by Gasteiger charge is -2.25. The number of nitro benzene ring substituents is 1. The molecule has 156 valence electrons. The van der Waals surface area contributed by atoms with E-state index in [1.54, 1.807) is 32.0 Å². The van der Waals surface area contributed by atoms with E-state index in [1.165, 1.54) is 26.2 Å². The first-order chi connectivity index (χ1) is 13.6. The van der Waals surface area contributed by atoms with Crippen molar-refractivity contribution in [3.8, 4) is 5.75 Å². The lowest BCUT2D eigenvalue weighted by Crippen LogP contribution is -2.37. The van der Waals surface area contributed by atoms with Gasteiger partial charge in [-0.1, -0.05) is 12.1 Å². The predicted molar refractivity (Wildman–Crippen MR) is 107 cm³/mol. The van der Waals surface area contributed by atoms with Crippen LogP contribution in [0.3, 0.4) is 0 Å². The molecule has 0 fully saturated rings. The van der Waals surface area contributed by atoms with E-state index >= 15 is 0 Å².